The summed E-state index contributed by atoms with van der Waals surface area (Å²) in [5, 5.41) is 12.2. The van der Waals surface area contributed by atoms with Crippen molar-refractivity contribution in [3.05, 3.63) is 80.9 Å². The van der Waals surface area contributed by atoms with Gasteiger partial charge in [-0.25, -0.2) is 0 Å². The van der Waals surface area contributed by atoms with Crippen LogP contribution in [0.2, 0.25) is 0 Å². The number of ether oxygens (including phenoxy) is 2. The van der Waals surface area contributed by atoms with Gasteiger partial charge in [-0.3, -0.25) is 4.79 Å². The topological polar surface area (TPSA) is 67.8 Å². The number of aromatic hydroxyl groups is 1. The van der Waals surface area contributed by atoms with Gasteiger partial charge in [-0.15, -0.1) is 0 Å². The maximum atomic E-state index is 12.7. The van der Waals surface area contributed by atoms with Crippen LogP contribution in [0, 0.1) is 10.5 Å². The molecule has 2 N–H and O–H groups in total. The predicted molar refractivity (Wildman–Crippen MR) is 122 cm³/mol. The quantitative estimate of drug-likeness (QED) is 0.329. The molecule has 0 aliphatic carbocycles. The Bertz CT molecular complexity index is 985. The van der Waals surface area contributed by atoms with Crippen molar-refractivity contribution in [2.75, 3.05) is 11.9 Å². The molecule has 6 heteroatoms. The highest BCUT2D eigenvalue weighted by Crippen LogP contribution is 2.35. The van der Waals surface area contributed by atoms with E-state index in [1.54, 1.807) is 24.3 Å². The number of phenols is 1. The van der Waals surface area contributed by atoms with Gasteiger partial charge in [-0.1, -0.05) is 29.8 Å². The molecule has 0 spiro atoms. The van der Waals surface area contributed by atoms with Crippen LogP contribution in [-0.2, 0) is 6.61 Å². The molecule has 0 bridgehead atoms. The van der Waals surface area contributed by atoms with E-state index in [0.29, 0.717) is 36.0 Å². The zero-order chi connectivity index (χ0) is 20.8. The molecule has 29 heavy (non-hydrogen) atoms. The lowest BCUT2D eigenvalue weighted by Crippen LogP contribution is -2.13. The van der Waals surface area contributed by atoms with E-state index < -0.39 is 0 Å². The van der Waals surface area contributed by atoms with E-state index in [-0.39, 0.29) is 11.7 Å². The fourth-order valence-electron chi connectivity index (χ4n) is 2.69. The number of nitrogens with one attached hydrogen (secondary N) is 1. The number of carbonyl (C=O) groups is 1. The fraction of sp³-hybridized carbons (Fsp3) is 0.174. The van der Waals surface area contributed by atoms with Crippen molar-refractivity contribution in [3.63, 3.8) is 0 Å². The van der Waals surface area contributed by atoms with Gasteiger partial charge in [-0.05, 0) is 78.4 Å². The Hall–Kier alpha value is -2.74. The first-order chi connectivity index (χ1) is 14.0. The molecule has 0 fully saturated rings. The lowest BCUT2D eigenvalue weighted by Gasteiger charge is -2.16. The van der Waals surface area contributed by atoms with Crippen molar-refractivity contribution in [1.82, 2.24) is 0 Å². The molecule has 150 valence electrons. The van der Waals surface area contributed by atoms with Crippen LogP contribution in [0.15, 0.2) is 60.7 Å². The third kappa shape index (κ3) is 5.63. The van der Waals surface area contributed by atoms with Crippen molar-refractivity contribution in [2.24, 2.45) is 0 Å². The second-order valence-corrected chi connectivity index (χ2v) is 7.66. The van der Waals surface area contributed by atoms with E-state index in [4.69, 9.17) is 9.47 Å². The summed E-state index contributed by atoms with van der Waals surface area (Å²) < 4.78 is 12.5. The molecule has 3 aromatic carbocycles. The number of benzene rings is 3. The third-order valence-corrected chi connectivity index (χ3v) is 5.00. The summed E-state index contributed by atoms with van der Waals surface area (Å²) in [6.45, 7) is 4.80. The van der Waals surface area contributed by atoms with Crippen molar-refractivity contribution < 1.29 is 19.4 Å². The average Bonchev–Trinajstić information content (AvgIpc) is 2.70. The number of aryl methyl sites for hydroxylation is 1. The minimum Gasteiger partial charge on any atom is -0.508 e. The highest BCUT2D eigenvalue weighted by molar-refractivity contribution is 14.1. The number of halogens is 1. The van der Waals surface area contributed by atoms with Crippen LogP contribution < -0.4 is 14.8 Å². The molecule has 0 saturated carbocycles. The molecule has 0 saturated heterocycles. The molecule has 0 aromatic heterocycles. The maximum absolute atomic E-state index is 12.7. The van der Waals surface area contributed by atoms with Gasteiger partial charge in [0.15, 0.2) is 11.5 Å². The maximum Gasteiger partial charge on any atom is 0.255 e. The molecule has 1 amide bonds. The predicted octanol–water partition coefficient (Wildman–Crippen LogP) is 5.54. The van der Waals surface area contributed by atoms with Crippen molar-refractivity contribution in [2.45, 2.75) is 20.5 Å². The molecule has 0 aliphatic heterocycles. The smallest absolute Gasteiger partial charge is 0.255 e. The van der Waals surface area contributed by atoms with Gasteiger partial charge >= 0.3 is 0 Å². The number of anilines is 1. The van der Waals surface area contributed by atoms with E-state index in [2.05, 4.69) is 27.9 Å². The van der Waals surface area contributed by atoms with Gasteiger partial charge in [0.1, 0.15) is 12.4 Å². The number of rotatable bonds is 7. The Morgan fingerprint density at radius 2 is 1.72 bits per heavy atom. The second kappa shape index (κ2) is 9.65. The minimum absolute atomic E-state index is 0.145. The molecule has 0 aliphatic rings. The Balaban J connectivity index is 1.80. The zero-order valence-electron chi connectivity index (χ0n) is 16.2. The summed E-state index contributed by atoms with van der Waals surface area (Å²) in [5.41, 5.74) is 3.32. The highest BCUT2D eigenvalue weighted by Gasteiger charge is 2.16. The van der Waals surface area contributed by atoms with Crippen LogP contribution in [0.5, 0.6) is 17.2 Å². The summed E-state index contributed by atoms with van der Waals surface area (Å²) in [6, 6.07) is 17.9. The van der Waals surface area contributed by atoms with E-state index in [0.717, 1.165) is 9.13 Å². The fourth-order valence-corrected chi connectivity index (χ4v) is 3.45. The lowest BCUT2D eigenvalue weighted by atomic mass is 10.1. The van der Waals surface area contributed by atoms with Gasteiger partial charge in [-0.2, -0.15) is 0 Å². The first-order valence-electron chi connectivity index (χ1n) is 9.21. The van der Waals surface area contributed by atoms with E-state index in [9.17, 15) is 9.90 Å². The Morgan fingerprint density at radius 1 is 1.03 bits per heavy atom. The summed E-state index contributed by atoms with van der Waals surface area (Å²) in [4.78, 5) is 12.7. The molecular formula is C23H22INO4. The molecule has 0 unspecified atom stereocenters. The Kier molecular flexibility index (Phi) is 6.98. The van der Waals surface area contributed by atoms with Crippen LogP contribution in [-0.4, -0.2) is 17.6 Å². The number of hydrogen-bond donors (Lipinski definition) is 2. The lowest BCUT2D eigenvalue weighted by molar-refractivity contribution is 0.102. The number of phenolic OH excluding ortho intramolecular Hbond substituents is 1. The monoisotopic (exact) mass is 503 g/mol. The van der Waals surface area contributed by atoms with Crippen LogP contribution in [0.25, 0.3) is 0 Å². The number of carbonyl (C=O) groups excluding carboxylic acids is 1. The van der Waals surface area contributed by atoms with E-state index >= 15 is 0 Å². The first kappa shape index (κ1) is 21.0. The van der Waals surface area contributed by atoms with Gasteiger partial charge < -0.3 is 19.9 Å². The van der Waals surface area contributed by atoms with Gasteiger partial charge in [0.25, 0.3) is 5.91 Å². The number of hydrogen-bond acceptors (Lipinski definition) is 4. The summed E-state index contributed by atoms with van der Waals surface area (Å²) in [5.74, 6) is 1.03. The molecule has 3 aromatic rings. The first-order valence-corrected chi connectivity index (χ1v) is 10.3. The minimum atomic E-state index is -0.264. The summed E-state index contributed by atoms with van der Waals surface area (Å²) in [7, 11) is 0. The van der Waals surface area contributed by atoms with E-state index in [1.807, 2.05) is 38.1 Å². The molecule has 5 nitrogen and oxygen atoms in total. The van der Waals surface area contributed by atoms with Gasteiger partial charge in [0.05, 0.1) is 10.2 Å². The van der Waals surface area contributed by atoms with Gasteiger partial charge in [0.2, 0.25) is 0 Å². The van der Waals surface area contributed by atoms with Crippen molar-refractivity contribution >= 4 is 34.2 Å². The second-order valence-electron chi connectivity index (χ2n) is 6.49. The summed E-state index contributed by atoms with van der Waals surface area (Å²) >= 11 is 2.15. The molecule has 3 rings (SSSR count). The highest BCUT2D eigenvalue weighted by atomic mass is 127. The van der Waals surface area contributed by atoms with Crippen LogP contribution >= 0.6 is 22.6 Å². The molecule has 0 radical (unpaired) electrons. The molecule has 0 atom stereocenters. The standard InChI is InChI=1S/C23H22INO4/c1-3-28-21-13-17(23(27)25-18-8-10-19(26)11-9-18)12-20(24)22(21)29-14-16-6-4-15(2)5-7-16/h4-13,26H,3,14H2,1-2H3,(H,25,27). The van der Waals surface area contributed by atoms with Crippen LogP contribution in [0.4, 0.5) is 5.69 Å². The zero-order valence-corrected chi connectivity index (χ0v) is 18.4. The van der Waals surface area contributed by atoms with Crippen LogP contribution in [0.1, 0.15) is 28.4 Å². The third-order valence-electron chi connectivity index (χ3n) is 4.20. The summed E-state index contributed by atoms with van der Waals surface area (Å²) in [6.07, 6.45) is 0. The largest absolute Gasteiger partial charge is 0.508 e. The van der Waals surface area contributed by atoms with Crippen LogP contribution in [0.3, 0.4) is 0 Å². The Labute approximate surface area is 183 Å². The normalized spacial score (nSPS) is 10.4. The number of amides is 1. The molecule has 0 heterocycles. The Morgan fingerprint density at radius 3 is 2.38 bits per heavy atom. The van der Waals surface area contributed by atoms with E-state index in [1.165, 1.54) is 17.7 Å². The SMILES string of the molecule is CCOc1cc(C(=O)Nc2ccc(O)cc2)cc(I)c1OCc1ccc(C)cc1. The van der Waals surface area contributed by atoms with Gasteiger partial charge in [0, 0.05) is 11.3 Å². The van der Waals surface area contributed by atoms with Crippen molar-refractivity contribution in [1.29, 1.82) is 0 Å². The molecular weight excluding hydrogens is 481 g/mol. The average molecular weight is 503 g/mol. The van der Waals surface area contributed by atoms with Crippen molar-refractivity contribution in [3.8, 4) is 17.2 Å².